The second kappa shape index (κ2) is 8.44. The van der Waals surface area contributed by atoms with E-state index >= 15 is 0 Å². The van der Waals surface area contributed by atoms with Crippen LogP contribution >= 0.6 is 11.6 Å². The molecule has 4 nitrogen and oxygen atoms in total. The van der Waals surface area contributed by atoms with Gasteiger partial charge >= 0.3 is 0 Å². The van der Waals surface area contributed by atoms with Gasteiger partial charge in [0.15, 0.2) is 0 Å². The van der Waals surface area contributed by atoms with Crippen LogP contribution in [-0.4, -0.2) is 26.6 Å². The lowest BCUT2D eigenvalue weighted by Crippen LogP contribution is -2.24. The van der Waals surface area contributed by atoms with Crippen LogP contribution in [0.4, 0.5) is 5.69 Å². The van der Waals surface area contributed by atoms with Crippen molar-refractivity contribution in [2.24, 2.45) is 0 Å². The molecular formula is C18H21ClN2O2. The average Bonchev–Trinajstić information content (AvgIpc) is 2.55. The van der Waals surface area contributed by atoms with Crippen LogP contribution in [0.25, 0.3) is 0 Å². The highest BCUT2D eigenvalue weighted by molar-refractivity contribution is 6.30. The third kappa shape index (κ3) is 5.83. The Hall–Kier alpha value is -2.20. The Morgan fingerprint density at radius 2 is 1.74 bits per heavy atom. The van der Waals surface area contributed by atoms with Crippen molar-refractivity contribution in [3.63, 3.8) is 0 Å². The maximum Gasteiger partial charge on any atom is 0.223 e. The minimum absolute atomic E-state index is 0.0318. The van der Waals surface area contributed by atoms with Crippen molar-refractivity contribution < 1.29 is 9.53 Å². The van der Waals surface area contributed by atoms with Gasteiger partial charge in [0.1, 0.15) is 5.75 Å². The fraction of sp³-hybridized carbons (Fsp3) is 0.278. The number of carbonyl (C=O) groups excluding carboxylic acids is 1. The lowest BCUT2D eigenvalue weighted by Gasteiger charge is -2.13. The maximum absolute atomic E-state index is 11.8. The summed E-state index contributed by atoms with van der Waals surface area (Å²) in [5, 5.41) is 3.55. The van der Waals surface area contributed by atoms with E-state index in [0.717, 1.165) is 11.3 Å². The second-order valence-corrected chi connectivity index (χ2v) is 5.83. The molecule has 0 saturated heterocycles. The molecule has 23 heavy (non-hydrogen) atoms. The van der Waals surface area contributed by atoms with Crippen LogP contribution in [0, 0.1) is 0 Å². The molecule has 2 rings (SSSR count). The first kappa shape index (κ1) is 17.2. The van der Waals surface area contributed by atoms with Gasteiger partial charge in [0, 0.05) is 31.4 Å². The van der Waals surface area contributed by atoms with Crippen molar-refractivity contribution >= 4 is 23.2 Å². The number of nitrogens with zero attached hydrogens (tertiary/aromatic N) is 1. The molecule has 0 saturated carbocycles. The molecule has 0 aromatic heterocycles. The number of nitrogens with one attached hydrogen (secondary N) is 1. The molecule has 0 aliphatic heterocycles. The van der Waals surface area contributed by atoms with Crippen molar-refractivity contribution in [3.8, 4) is 5.75 Å². The summed E-state index contributed by atoms with van der Waals surface area (Å²) in [4.78, 5) is 13.9. The van der Waals surface area contributed by atoms with Crippen LogP contribution in [0.5, 0.6) is 5.75 Å². The van der Waals surface area contributed by atoms with Crippen LogP contribution in [0.15, 0.2) is 48.5 Å². The van der Waals surface area contributed by atoms with Gasteiger partial charge in [-0.1, -0.05) is 23.7 Å². The molecule has 0 aliphatic carbocycles. The van der Waals surface area contributed by atoms with E-state index in [0.29, 0.717) is 30.3 Å². The fourth-order valence-electron chi connectivity index (χ4n) is 1.99. The molecule has 2 aromatic rings. The largest absolute Gasteiger partial charge is 0.493 e. The van der Waals surface area contributed by atoms with Gasteiger partial charge < -0.3 is 15.0 Å². The van der Waals surface area contributed by atoms with E-state index in [1.807, 2.05) is 43.3 Å². The molecule has 0 aliphatic rings. The summed E-state index contributed by atoms with van der Waals surface area (Å²) >= 11 is 5.80. The molecular weight excluding hydrogens is 312 g/mol. The predicted molar refractivity (Wildman–Crippen MR) is 94.2 cm³/mol. The molecule has 0 radical (unpaired) electrons. The van der Waals surface area contributed by atoms with Gasteiger partial charge in [-0.05, 0) is 42.0 Å². The van der Waals surface area contributed by atoms with E-state index in [1.54, 1.807) is 24.3 Å². The molecule has 122 valence electrons. The van der Waals surface area contributed by atoms with E-state index in [-0.39, 0.29) is 5.91 Å². The van der Waals surface area contributed by atoms with E-state index in [2.05, 4.69) is 5.32 Å². The van der Waals surface area contributed by atoms with Crippen molar-refractivity contribution in [2.45, 2.75) is 13.0 Å². The number of anilines is 1. The quantitative estimate of drug-likeness (QED) is 0.844. The van der Waals surface area contributed by atoms with E-state index in [4.69, 9.17) is 16.3 Å². The topological polar surface area (TPSA) is 41.6 Å². The van der Waals surface area contributed by atoms with Gasteiger partial charge in [-0.2, -0.15) is 0 Å². The van der Waals surface area contributed by atoms with Crippen LogP contribution in [-0.2, 0) is 11.3 Å². The minimum atomic E-state index is -0.0318. The third-order valence-electron chi connectivity index (χ3n) is 3.35. The Kier molecular flexibility index (Phi) is 6.29. The van der Waals surface area contributed by atoms with E-state index in [9.17, 15) is 4.79 Å². The Bertz CT molecular complexity index is 624. The predicted octanol–water partition coefficient (Wildman–Crippen LogP) is 3.49. The summed E-state index contributed by atoms with van der Waals surface area (Å²) in [5.41, 5.74) is 2.21. The number of hydrogen-bond donors (Lipinski definition) is 1. The van der Waals surface area contributed by atoms with E-state index in [1.165, 1.54) is 0 Å². The van der Waals surface area contributed by atoms with Gasteiger partial charge in [0.05, 0.1) is 13.0 Å². The zero-order chi connectivity index (χ0) is 16.7. The van der Waals surface area contributed by atoms with Crippen LogP contribution < -0.4 is 15.0 Å². The summed E-state index contributed by atoms with van der Waals surface area (Å²) in [6.45, 7) is 0.862. The summed E-state index contributed by atoms with van der Waals surface area (Å²) in [5.74, 6) is 0.678. The number of hydrogen-bond acceptors (Lipinski definition) is 3. The van der Waals surface area contributed by atoms with Crippen LogP contribution in [0.2, 0.25) is 5.02 Å². The first-order chi connectivity index (χ1) is 11.0. The summed E-state index contributed by atoms with van der Waals surface area (Å²) in [6, 6.07) is 15.2. The Morgan fingerprint density at radius 3 is 2.35 bits per heavy atom. The molecule has 0 bridgehead atoms. The van der Waals surface area contributed by atoms with Gasteiger partial charge in [0.25, 0.3) is 0 Å². The average molecular weight is 333 g/mol. The standard InChI is InChI=1S/C18H21ClN2O2/c1-21(2)16-7-3-14(4-8-16)13-20-18(22)11-12-23-17-9-5-15(19)6-10-17/h3-10H,11-13H2,1-2H3,(H,20,22). The Morgan fingerprint density at radius 1 is 1.09 bits per heavy atom. The fourth-order valence-corrected chi connectivity index (χ4v) is 2.12. The molecule has 1 amide bonds. The first-order valence-electron chi connectivity index (χ1n) is 7.46. The number of benzene rings is 2. The Labute approximate surface area is 142 Å². The lowest BCUT2D eigenvalue weighted by atomic mass is 10.2. The molecule has 0 unspecified atom stereocenters. The zero-order valence-corrected chi connectivity index (χ0v) is 14.1. The lowest BCUT2D eigenvalue weighted by molar-refractivity contribution is -0.121. The van der Waals surface area contributed by atoms with Crippen molar-refractivity contribution in [3.05, 3.63) is 59.1 Å². The number of amides is 1. The molecule has 0 atom stereocenters. The van der Waals surface area contributed by atoms with Gasteiger partial charge in [-0.3, -0.25) is 4.79 Å². The van der Waals surface area contributed by atoms with Crippen molar-refractivity contribution in [1.82, 2.24) is 5.32 Å². The van der Waals surface area contributed by atoms with Crippen molar-refractivity contribution in [2.75, 3.05) is 25.6 Å². The number of carbonyl (C=O) groups is 1. The first-order valence-corrected chi connectivity index (χ1v) is 7.84. The molecule has 1 N–H and O–H groups in total. The Balaban J connectivity index is 1.69. The molecule has 0 spiro atoms. The zero-order valence-electron chi connectivity index (χ0n) is 13.4. The highest BCUT2D eigenvalue weighted by atomic mass is 35.5. The third-order valence-corrected chi connectivity index (χ3v) is 3.61. The van der Waals surface area contributed by atoms with Crippen LogP contribution in [0.3, 0.4) is 0 Å². The summed E-state index contributed by atoms with van der Waals surface area (Å²) in [6.07, 6.45) is 0.318. The van der Waals surface area contributed by atoms with Crippen LogP contribution in [0.1, 0.15) is 12.0 Å². The normalized spacial score (nSPS) is 10.2. The highest BCUT2D eigenvalue weighted by Crippen LogP contribution is 2.15. The van der Waals surface area contributed by atoms with Gasteiger partial charge in [0.2, 0.25) is 5.91 Å². The SMILES string of the molecule is CN(C)c1ccc(CNC(=O)CCOc2ccc(Cl)cc2)cc1. The summed E-state index contributed by atoms with van der Waals surface area (Å²) in [7, 11) is 3.99. The number of ether oxygens (including phenoxy) is 1. The molecule has 2 aromatic carbocycles. The molecule has 0 heterocycles. The molecule has 0 fully saturated rings. The second-order valence-electron chi connectivity index (χ2n) is 5.39. The van der Waals surface area contributed by atoms with E-state index < -0.39 is 0 Å². The summed E-state index contributed by atoms with van der Waals surface area (Å²) < 4.78 is 5.50. The molecule has 5 heteroatoms. The van der Waals surface area contributed by atoms with Crippen molar-refractivity contribution in [1.29, 1.82) is 0 Å². The number of halogens is 1. The maximum atomic E-state index is 11.8. The van der Waals surface area contributed by atoms with Gasteiger partial charge in [-0.25, -0.2) is 0 Å². The number of rotatable bonds is 7. The minimum Gasteiger partial charge on any atom is -0.493 e. The smallest absolute Gasteiger partial charge is 0.223 e. The monoisotopic (exact) mass is 332 g/mol. The van der Waals surface area contributed by atoms with Gasteiger partial charge in [-0.15, -0.1) is 0 Å². The highest BCUT2D eigenvalue weighted by Gasteiger charge is 2.03.